The molecule has 0 atom stereocenters. The highest BCUT2D eigenvalue weighted by molar-refractivity contribution is 5.98. The van der Waals surface area contributed by atoms with Gasteiger partial charge in [0.2, 0.25) is 5.91 Å². The number of benzene rings is 1. The number of hydrogen-bond donors (Lipinski definition) is 2. The molecule has 0 aromatic heterocycles. The van der Waals surface area contributed by atoms with Crippen molar-refractivity contribution in [2.45, 2.75) is 32.1 Å². The SMILES string of the molecule is CN1CCN(CC(=O)Nc2cc(C(=O)NCCC3=CCCCC3)c(F)cc2F)C1=O. The predicted octanol–water partition coefficient (Wildman–Crippen LogP) is 2.89. The van der Waals surface area contributed by atoms with Crippen molar-refractivity contribution >= 4 is 23.5 Å². The van der Waals surface area contributed by atoms with Gasteiger partial charge in [-0.25, -0.2) is 13.6 Å². The van der Waals surface area contributed by atoms with Gasteiger partial charge in [0.05, 0.1) is 11.3 Å². The summed E-state index contributed by atoms with van der Waals surface area (Å²) in [6, 6.07) is 1.26. The lowest BCUT2D eigenvalue weighted by molar-refractivity contribution is -0.116. The number of carbonyl (C=O) groups excluding carboxylic acids is 3. The number of anilines is 1. The standard InChI is InChI=1S/C21H26F2N4O3/c1-26-9-10-27(21(26)30)13-19(28)25-18-11-15(16(22)12-17(18)23)20(29)24-8-7-14-5-3-2-4-6-14/h5,11-12H,2-4,6-10,13H2,1H3,(H,24,29)(H,25,28). The lowest BCUT2D eigenvalue weighted by Gasteiger charge is -2.16. The molecule has 4 amide bonds. The Kier molecular flexibility index (Phi) is 7.02. The second-order valence-corrected chi connectivity index (χ2v) is 7.60. The zero-order valence-corrected chi connectivity index (χ0v) is 17.0. The van der Waals surface area contributed by atoms with E-state index in [9.17, 15) is 23.2 Å². The van der Waals surface area contributed by atoms with Crippen LogP contribution in [-0.2, 0) is 4.79 Å². The quantitative estimate of drug-likeness (QED) is 0.666. The Labute approximate surface area is 174 Å². The fourth-order valence-corrected chi connectivity index (χ4v) is 3.60. The molecule has 2 aliphatic rings. The monoisotopic (exact) mass is 420 g/mol. The highest BCUT2D eigenvalue weighted by Crippen LogP contribution is 2.21. The van der Waals surface area contributed by atoms with Gasteiger partial charge in [0.1, 0.15) is 18.2 Å². The van der Waals surface area contributed by atoms with Crippen LogP contribution in [0.25, 0.3) is 0 Å². The van der Waals surface area contributed by atoms with Gasteiger partial charge < -0.3 is 20.4 Å². The Morgan fingerprint density at radius 3 is 2.60 bits per heavy atom. The Morgan fingerprint density at radius 1 is 1.13 bits per heavy atom. The maximum absolute atomic E-state index is 14.1. The number of nitrogens with one attached hydrogen (secondary N) is 2. The molecule has 1 fully saturated rings. The molecule has 1 heterocycles. The van der Waals surface area contributed by atoms with Gasteiger partial charge in [0.25, 0.3) is 5.91 Å². The molecule has 162 valence electrons. The number of halogens is 2. The summed E-state index contributed by atoms with van der Waals surface area (Å²) < 4.78 is 28.3. The van der Waals surface area contributed by atoms with E-state index in [0.29, 0.717) is 32.1 Å². The third-order valence-electron chi connectivity index (χ3n) is 5.33. The summed E-state index contributed by atoms with van der Waals surface area (Å²) in [5.41, 5.74) is 0.624. The van der Waals surface area contributed by atoms with E-state index in [0.717, 1.165) is 25.3 Å². The molecule has 0 saturated carbocycles. The summed E-state index contributed by atoms with van der Waals surface area (Å²) in [6.45, 7) is 0.987. The molecule has 7 nitrogen and oxygen atoms in total. The first-order valence-electron chi connectivity index (χ1n) is 10.1. The van der Waals surface area contributed by atoms with Crippen molar-refractivity contribution < 1.29 is 23.2 Å². The molecule has 1 saturated heterocycles. The average Bonchev–Trinajstić information content (AvgIpc) is 3.02. The number of likely N-dealkylation sites (N-methyl/N-ethyl adjacent to an activating group) is 1. The van der Waals surface area contributed by atoms with Crippen LogP contribution in [0.5, 0.6) is 0 Å². The van der Waals surface area contributed by atoms with Crippen molar-refractivity contribution in [1.82, 2.24) is 15.1 Å². The number of nitrogens with zero attached hydrogens (tertiary/aromatic N) is 2. The molecule has 3 rings (SSSR count). The molecule has 1 aliphatic carbocycles. The number of rotatable bonds is 7. The van der Waals surface area contributed by atoms with Crippen LogP contribution in [0.1, 0.15) is 42.5 Å². The van der Waals surface area contributed by atoms with Crippen molar-refractivity contribution in [2.24, 2.45) is 0 Å². The van der Waals surface area contributed by atoms with Crippen molar-refractivity contribution in [3.63, 3.8) is 0 Å². The first-order chi connectivity index (χ1) is 14.3. The predicted molar refractivity (Wildman–Crippen MR) is 108 cm³/mol. The molecule has 0 spiro atoms. The van der Waals surface area contributed by atoms with E-state index in [1.54, 1.807) is 7.05 Å². The Morgan fingerprint density at radius 2 is 1.93 bits per heavy atom. The highest BCUT2D eigenvalue weighted by Gasteiger charge is 2.27. The lowest BCUT2D eigenvalue weighted by Crippen LogP contribution is -2.36. The van der Waals surface area contributed by atoms with Crippen LogP contribution in [-0.4, -0.2) is 60.9 Å². The van der Waals surface area contributed by atoms with E-state index >= 15 is 0 Å². The zero-order chi connectivity index (χ0) is 21.7. The molecule has 30 heavy (non-hydrogen) atoms. The third kappa shape index (κ3) is 5.34. The van der Waals surface area contributed by atoms with E-state index in [4.69, 9.17) is 0 Å². The minimum atomic E-state index is -1.00. The molecule has 0 radical (unpaired) electrons. The van der Waals surface area contributed by atoms with Gasteiger partial charge in [0, 0.05) is 32.7 Å². The fraction of sp³-hybridized carbons (Fsp3) is 0.476. The van der Waals surface area contributed by atoms with Crippen LogP contribution in [0.3, 0.4) is 0 Å². The van der Waals surface area contributed by atoms with Gasteiger partial charge in [-0.05, 0) is 38.2 Å². The molecule has 0 unspecified atom stereocenters. The van der Waals surface area contributed by atoms with Crippen molar-refractivity contribution in [3.8, 4) is 0 Å². The number of allylic oxidation sites excluding steroid dienone is 1. The first kappa shape index (κ1) is 21.7. The summed E-state index contributed by atoms with van der Waals surface area (Å²) >= 11 is 0. The number of amides is 4. The largest absolute Gasteiger partial charge is 0.352 e. The Balaban J connectivity index is 1.60. The highest BCUT2D eigenvalue weighted by atomic mass is 19.1. The van der Waals surface area contributed by atoms with Crippen LogP contribution in [0.15, 0.2) is 23.8 Å². The summed E-state index contributed by atoms with van der Waals surface area (Å²) in [7, 11) is 1.62. The van der Waals surface area contributed by atoms with E-state index in [1.807, 2.05) is 0 Å². The summed E-state index contributed by atoms with van der Waals surface area (Å²) in [4.78, 5) is 39.2. The molecule has 2 N–H and O–H groups in total. The van der Waals surface area contributed by atoms with E-state index in [1.165, 1.54) is 21.8 Å². The van der Waals surface area contributed by atoms with Gasteiger partial charge in [-0.3, -0.25) is 9.59 Å². The fourth-order valence-electron chi connectivity index (χ4n) is 3.60. The molecule has 1 aliphatic heterocycles. The van der Waals surface area contributed by atoms with Crippen molar-refractivity contribution in [3.05, 3.63) is 41.0 Å². The van der Waals surface area contributed by atoms with Crippen LogP contribution in [0.2, 0.25) is 0 Å². The second-order valence-electron chi connectivity index (χ2n) is 7.60. The van der Waals surface area contributed by atoms with E-state index < -0.39 is 23.4 Å². The molecule has 9 heteroatoms. The minimum absolute atomic E-state index is 0.253. The van der Waals surface area contributed by atoms with Gasteiger partial charge in [-0.2, -0.15) is 0 Å². The lowest BCUT2D eigenvalue weighted by atomic mass is 9.97. The zero-order valence-electron chi connectivity index (χ0n) is 17.0. The van der Waals surface area contributed by atoms with Crippen LogP contribution >= 0.6 is 0 Å². The summed E-state index contributed by atoms with van der Waals surface area (Å²) in [5.74, 6) is -3.29. The van der Waals surface area contributed by atoms with E-state index in [2.05, 4.69) is 16.7 Å². The van der Waals surface area contributed by atoms with Gasteiger partial charge in [-0.15, -0.1) is 0 Å². The molecule has 0 bridgehead atoms. The van der Waals surface area contributed by atoms with Crippen molar-refractivity contribution in [1.29, 1.82) is 0 Å². The number of carbonyl (C=O) groups is 3. The third-order valence-corrected chi connectivity index (χ3v) is 5.33. The minimum Gasteiger partial charge on any atom is -0.352 e. The maximum atomic E-state index is 14.1. The molecule has 1 aromatic rings. The Hall–Kier alpha value is -2.97. The number of urea groups is 1. The van der Waals surface area contributed by atoms with Crippen molar-refractivity contribution in [2.75, 3.05) is 38.5 Å². The van der Waals surface area contributed by atoms with Crippen LogP contribution in [0, 0.1) is 11.6 Å². The second kappa shape index (κ2) is 9.69. The summed E-state index contributed by atoms with van der Waals surface area (Å²) in [6.07, 6.45) is 7.22. The maximum Gasteiger partial charge on any atom is 0.320 e. The van der Waals surface area contributed by atoms with Gasteiger partial charge in [0.15, 0.2) is 0 Å². The van der Waals surface area contributed by atoms with Crippen LogP contribution in [0.4, 0.5) is 19.3 Å². The number of hydrogen-bond acceptors (Lipinski definition) is 3. The van der Waals surface area contributed by atoms with Gasteiger partial charge >= 0.3 is 6.03 Å². The van der Waals surface area contributed by atoms with E-state index in [-0.39, 0.29) is 23.8 Å². The first-order valence-corrected chi connectivity index (χ1v) is 10.1. The Bertz CT molecular complexity index is 872. The van der Waals surface area contributed by atoms with Gasteiger partial charge in [-0.1, -0.05) is 11.6 Å². The molecule has 1 aromatic carbocycles. The molecular weight excluding hydrogens is 394 g/mol. The summed E-state index contributed by atoms with van der Waals surface area (Å²) in [5, 5.41) is 4.96. The smallest absolute Gasteiger partial charge is 0.320 e. The normalized spacial score (nSPS) is 16.5. The van der Waals surface area contributed by atoms with Crippen LogP contribution < -0.4 is 10.6 Å². The molecular formula is C21H26F2N4O3. The topological polar surface area (TPSA) is 81.8 Å². The average molecular weight is 420 g/mol.